The van der Waals surface area contributed by atoms with Crippen LogP contribution in [0.15, 0.2) is 30.3 Å². The van der Waals surface area contributed by atoms with Crippen LogP contribution in [-0.4, -0.2) is 70.6 Å². The molecular weight excluding hydrogens is 482 g/mol. The molecule has 5 atom stereocenters. The standard InChI is InChI=1S/C25H39N5O7/c1-3-15(2)21(30-22(33)17(27)14-20(31)32)24(35)28-18(11-7-8-12-26)23(34)29-19(25(36)37)13-16-9-5-4-6-10-16/h4-6,9-10,15,17-19,21H,3,7-8,11-14,26-27H2,1-2H3,(H,28,35)(H,29,34)(H,30,33)(H,31,32)(H,36,37). The smallest absolute Gasteiger partial charge is 0.326 e. The minimum absolute atomic E-state index is 0.0540. The van der Waals surface area contributed by atoms with Gasteiger partial charge in [-0.3, -0.25) is 19.2 Å². The Bertz CT molecular complexity index is 912. The molecule has 0 spiro atoms. The van der Waals surface area contributed by atoms with Crippen molar-refractivity contribution >= 4 is 29.7 Å². The first-order valence-electron chi connectivity index (χ1n) is 12.3. The summed E-state index contributed by atoms with van der Waals surface area (Å²) in [7, 11) is 0. The molecule has 0 fully saturated rings. The van der Waals surface area contributed by atoms with Crippen molar-refractivity contribution in [2.75, 3.05) is 6.54 Å². The van der Waals surface area contributed by atoms with Gasteiger partial charge < -0.3 is 37.6 Å². The van der Waals surface area contributed by atoms with Gasteiger partial charge in [0.1, 0.15) is 18.1 Å². The van der Waals surface area contributed by atoms with E-state index < -0.39 is 60.2 Å². The summed E-state index contributed by atoms with van der Waals surface area (Å²) < 4.78 is 0. The first-order valence-corrected chi connectivity index (χ1v) is 12.3. The molecule has 1 aromatic rings. The third-order valence-corrected chi connectivity index (χ3v) is 6.00. The second-order valence-electron chi connectivity index (χ2n) is 9.01. The molecule has 206 valence electrons. The normalized spacial score (nSPS) is 14.9. The minimum atomic E-state index is -1.35. The quantitative estimate of drug-likeness (QED) is 0.134. The van der Waals surface area contributed by atoms with E-state index in [-0.39, 0.29) is 18.8 Å². The zero-order chi connectivity index (χ0) is 28.0. The average molecular weight is 522 g/mol. The fourth-order valence-corrected chi connectivity index (χ4v) is 3.59. The molecule has 0 heterocycles. The molecule has 37 heavy (non-hydrogen) atoms. The maximum atomic E-state index is 13.2. The average Bonchev–Trinajstić information content (AvgIpc) is 2.85. The number of amides is 3. The second-order valence-corrected chi connectivity index (χ2v) is 9.01. The van der Waals surface area contributed by atoms with Gasteiger partial charge in [-0.05, 0) is 37.3 Å². The van der Waals surface area contributed by atoms with E-state index in [2.05, 4.69) is 16.0 Å². The van der Waals surface area contributed by atoms with Crippen LogP contribution >= 0.6 is 0 Å². The fraction of sp³-hybridized carbons (Fsp3) is 0.560. The van der Waals surface area contributed by atoms with Gasteiger partial charge in [0.25, 0.3) is 0 Å². The molecule has 0 radical (unpaired) electrons. The van der Waals surface area contributed by atoms with Crippen molar-refractivity contribution in [1.29, 1.82) is 0 Å². The lowest BCUT2D eigenvalue weighted by molar-refractivity contribution is -0.142. The summed E-state index contributed by atoms with van der Waals surface area (Å²) in [6.07, 6.45) is 1.22. The van der Waals surface area contributed by atoms with E-state index in [1.54, 1.807) is 44.2 Å². The van der Waals surface area contributed by atoms with Crippen molar-refractivity contribution < 1.29 is 34.2 Å². The number of carbonyl (C=O) groups is 5. The van der Waals surface area contributed by atoms with Crippen LogP contribution < -0.4 is 27.4 Å². The number of nitrogens with one attached hydrogen (secondary N) is 3. The molecule has 0 aliphatic rings. The van der Waals surface area contributed by atoms with Crippen molar-refractivity contribution in [2.45, 2.75) is 76.5 Å². The van der Waals surface area contributed by atoms with Gasteiger partial charge in [-0.2, -0.15) is 0 Å². The SMILES string of the molecule is CCC(C)C(NC(=O)C(N)CC(=O)O)C(=O)NC(CCCCN)C(=O)NC(Cc1ccccc1)C(=O)O. The molecule has 3 amide bonds. The molecular formula is C25H39N5O7. The number of benzene rings is 1. The van der Waals surface area contributed by atoms with Gasteiger partial charge in [-0.1, -0.05) is 50.6 Å². The Morgan fingerprint density at radius 1 is 0.892 bits per heavy atom. The molecule has 0 aliphatic heterocycles. The number of hydrogen-bond donors (Lipinski definition) is 7. The zero-order valence-corrected chi connectivity index (χ0v) is 21.3. The lowest BCUT2D eigenvalue weighted by Gasteiger charge is -2.28. The van der Waals surface area contributed by atoms with Gasteiger partial charge in [0, 0.05) is 6.42 Å². The summed E-state index contributed by atoms with van der Waals surface area (Å²) in [6, 6.07) is 4.08. The molecule has 1 rings (SSSR count). The van der Waals surface area contributed by atoms with Gasteiger partial charge in [0.2, 0.25) is 17.7 Å². The van der Waals surface area contributed by atoms with E-state index in [1.165, 1.54) is 0 Å². The topological polar surface area (TPSA) is 214 Å². The van der Waals surface area contributed by atoms with E-state index in [9.17, 15) is 29.1 Å². The van der Waals surface area contributed by atoms with Crippen molar-refractivity contribution in [2.24, 2.45) is 17.4 Å². The number of unbranched alkanes of at least 4 members (excludes halogenated alkanes) is 1. The molecule has 0 saturated carbocycles. The first-order chi connectivity index (χ1) is 17.5. The number of rotatable bonds is 17. The van der Waals surface area contributed by atoms with Crippen LogP contribution in [0.5, 0.6) is 0 Å². The lowest BCUT2D eigenvalue weighted by Crippen LogP contribution is -2.58. The summed E-state index contributed by atoms with van der Waals surface area (Å²) in [5.41, 5.74) is 11.9. The summed E-state index contributed by atoms with van der Waals surface area (Å²) in [4.78, 5) is 61.4. The van der Waals surface area contributed by atoms with Crippen molar-refractivity contribution in [3.63, 3.8) is 0 Å². The first kappa shape index (κ1) is 31.5. The highest BCUT2D eigenvalue weighted by Crippen LogP contribution is 2.11. The van der Waals surface area contributed by atoms with Crippen LogP contribution in [0.3, 0.4) is 0 Å². The number of hydrogen-bond acceptors (Lipinski definition) is 7. The van der Waals surface area contributed by atoms with Crippen LogP contribution in [0.25, 0.3) is 0 Å². The van der Waals surface area contributed by atoms with Crippen LogP contribution in [0.2, 0.25) is 0 Å². The number of carbonyl (C=O) groups excluding carboxylic acids is 3. The third-order valence-electron chi connectivity index (χ3n) is 6.00. The van der Waals surface area contributed by atoms with E-state index in [0.29, 0.717) is 25.8 Å². The Kier molecular flexibility index (Phi) is 13.9. The van der Waals surface area contributed by atoms with E-state index in [1.807, 2.05) is 0 Å². The molecule has 0 aromatic heterocycles. The highest BCUT2D eigenvalue weighted by Gasteiger charge is 2.32. The van der Waals surface area contributed by atoms with Gasteiger partial charge in [0.05, 0.1) is 12.5 Å². The largest absolute Gasteiger partial charge is 0.481 e. The molecule has 12 heteroatoms. The molecule has 0 aliphatic carbocycles. The Morgan fingerprint density at radius 3 is 2.05 bits per heavy atom. The molecule has 0 saturated heterocycles. The fourth-order valence-electron chi connectivity index (χ4n) is 3.59. The van der Waals surface area contributed by atoms with Crippen LogP contribution in [0.4, 0.5) is 0 Å². The van der Waals surface area contributed by atoms with E-state index in [0.717, 1.165) is 5.56 Å². The third kappa shape index (κ3) is 11.4. The van der Waals surface area contributed by atoms with Gasteiger partial charge in [0.15, 0.2) is 0 Å². The highest BCUT2D eigenvalue weighted by molar-refractivity contribution is 5.94. The highest BCUT2D eigenvalue weighted by atomic mass is 16.4. The monoisotopic (exact) mass is 521 g/mol. The van der Waals surface area contributed by atoms with Gasteiger partial charge >= 0.3 is 11.9 Å². The number of carboxylic acids is 2. The summed E-state index contributed by atoms with van der Waals surface area (Å²) in [5, 5.41) is 26.2. The van der Waals surface area contributed by atoms with E-state index in [4.69, 9.17) is 16.6 Å². The predicted octanol–water partition coefficient (Wildman–Crippen LogP) is -0.255. The molecule has 0 bridgehead atoms. The Labute approximate surface area is 216 Å². The van der Waals surface area contributed by atoms with Crippen LogP contribution in [-0.2, 0) is 30.4 Å². The summed E-state index contributed by atoms with van der Waals surface area (Å²) in [5.74, 6) is -4.98. The number of nitrogens with two attached hydrogens (primary N) is 2. The van der Waals surface area contributed by atoms with Crippen molar-refractivity contribution in [1.82, 2.24) is 16.0 Å². The summed E-state index contributed by atoms with van der Waals surface area (Å²) >= 11 is 0. The van der Waals surface area contributed by atoms with Crippen molar-refractivity contribution in [3.05, 3.63) is 35.9 Å². The second kappa shape index (κ2) is 16.3. The number of aliphatic carboxylic acids is 2. The minimum Gasteiger partial charge on any atom is -0.481 e. The lowest BCUT2D eigenvalue weighted by atomic mass is 9.96. The Hall–Kier alpha value is -3.51. The predicted molar refractivity (Wildman–Crippen MR) is 136 cm³/mol. The maximum absolute atomic E-state index is 13.2. The maximum Gasteiger partial charge on any atom is 0.326 e. The zero-order valence-electron chi connectivity index (χ0n) is 21.3. The molecule has 12 nitrogen and oxygen atoms in total. The summed E-state index contributed by atoms with van der Waals surface area (Å²) in [6.45, 7) is 3.90. The van der Waals surface area contributed by atoms with Crippen LogP contribution in [0, 0.1) is 5.92 Å². The molecule has 1 aromatic carbocycles. The van der Waals surface area contributed by atoms with Crippen molar-refractivity contribution in [3.8, 4) is 0 Å². The van der Waals surface area contributed by atoms with Gasteiger partial charge in [-0.25, -0.2) is 4.79 Å². The van der Waals surface area contributed by atoms with E-state index >= 15 is 0 Å². The number of carboxylic acid groups (broad SMARTS) is 2. The molecule has 5 unspecified atom stereocenters. The Morgan fingerprint density at radius 2 is 1.51 bits per heavy atom. The van der Waals surface area contributed by atoms with Crippen LogP contribution in [0.1, 0.15) is 51.5 Å². The Balaban J connectivity index is 3.03. The molecule has 9 N–H and O–H groups in total. The van der Waals surface area contributed by atoms with Gasteiger partial charge in [-0.15, -0.1) is 0 Å².